The number of halogens is 2. The summed E-state index contributed by atoms with van der Waals surface area (Å²) in [7, 11) is 0. The fourth-order valence-electron chi connectivity index (χ4n) is 3.07. The number of pyridine rings is 1. The van der Waals surface area contributed by atoms with Crippen LogP contribution in [0.15, 0.2) is 73.1 Å². The predicted octanol–water partition coefficient (Wildman–Crippen LogP) is 5.38. The molecule has 3 rings (SSSR count). The Labute approximate surface area is 199 Å². The highest BCUT2D eigenvalue weighted by molar-refractivity contribution is 7.81. The number of thiocarbonyl (C=S) groups is 1. The molecule has 3 nitrogen and oxygen atoms in total. The van der Waals surface area contributed by atoms with E-state index < -0.39 is 0 Å². The number of nitrogens with zero attached hydrogens (tertiary/aromatic N) is 1. The quantitative estimate of drug-likeness (QED) is 0.235. The molecule has 0 unspecified atom stereocenters. The second-order valence-corrected chi connectivity index (χ2v) is 9.47. The zero-order valence-electron chi connectivity index (χ0n) is 17.7. The van der Waals surface area contributed by atoms with Gasteiger partial charge in [-0.3, -0.25) is 0 Å². The van der Waals surface area contributed by atoms with Crippen molar-refractivity contribution in [3.05, 3.63) is 99.8 Å². The first-order valence-corrected chi connectivity index (χ1v) is 11.0. The van der Waals surface area contributed by atoms with Gasteiger partial charge in [-0.25, -0.2) is 0 Å². The molecule has 0 saturated heterocycles. The number of rotatable bonds is 5. The third-order valence-electron chi connectivity index (χ3n) is 4.85. The zero-order valence-corrected chi connectivity index (χ0v) is 20.0. The van der Waals surface area contributed by atoms with Crippen molar-refractivity contribution >= 4 is 51.9 Å². The Morgan fingerprint density at radius 2 is 1.65 bits per heavy atom. The van der Waals surface area contributed by atoms with Gasteiger partial charge in [-0.05, 0) is 46.1 Å². The molecule has 1 aromatic heterocycles. The van der Waals surface area contributed by atoms with Gasteiger partial charge in [0.15, 0.2) is 17.4 Å². The van der Waals surface area contributed by atoms with Gasteiger partial charge in [-0.1, -0.05) is 86.5 Å². The van der Waals surface area contributed by atoms with Crippen LogP contribution < -0.4 is 15.0 Å². The second kappa shape index (κ2) is 9.82. The van der Waals surface area contributed by atoms with Gasteiger partial charge in [-0.2, -0.15) is 4.57 Å². The molecule has 1 N–H and O–H groups in total. The Morgan fingerprint density at radius 3 is 2.26 bits per heavy atom. The average molecular weight is 471 g/mol. The second-order valence-electron chi connectivity index (χ2n) is 8.21. The predicted molar refractivity (Wildman–Crippen MR) is 131 cm³/mol. The van der Waals surface area contributed by atoms with Crippen LogP contribution in [0, 0.1) is 0 Å². The van der Waals surface area contributed by atoms with E-state index in [0.29, 0.717) is 32.8 Å². The Kier molecular flexibility index (Phi) is 7.37. The summed E-state index contributed by atoms with van der Waals surface area (Å²) in [6, 6.07) is 18.7. The third kappa shape index (κ3) is 5.85. The Morgan fingerprint density at radius 1 is 1.00 bits per heavy atom. The van der Waals surface area contributed by atoms with Crippen molar-refractivity contribution in [2.24, 2.45) is 0 Å². The molecule has 160 valence electrons. The molecular formula is C25H24Cl2N2OS. The Hall–Kier alpha value is -2.40. The van der Waals surface area contributed by atoms with Gasteiger partial charge in [0.05, 0.1) is 0 Å². The third-order valence-corrected chi connectivity index (χ3v) is 5.76. The highest BCUT2D eigenvalue weighted by Gasteiger charge is 2.22. The van der Waals surface area contributed by atoms with E-state index in [4.69, 9.17) is 35.4 Å². The Bertz CT molecular complexity index is 1100. The summed E-state index contributed by atoms with van der Waals surface area (Å²) in [5.41, 5.74) is 2.83. The lowest BCUT2D eigenvalue weighted by atomic mass is 9.88. The lowest BCUT2D eigenvalue weighted by Crippen LogP contribution is -2.42. The molecule has 2 aromatic carbocycles. The van der Waals surface area contributed by atoms with Gasteiger partial charge in [0, 0.05) is 28.7 Å². The van der Waals surface area contributed by atoms with Crippen molar-refractivity contribution in [1.82, 2.24) is 5.32 Å². The van der Waals surface area contributed by atoms with Gasteiger partial charge >= 0.3 is 0 Å². The number of nitrogens with one attached hydrogen (secondary N) is 1. The molecular weight excluding hydrogens is 447 g/mol. The molecule has 0 aliphatic heterocycles. The van der Waals surface area contributed by atoms with Crippen molar-refractivity contribution in [3.8, 4) is 0 Å². The first-order chi connectivity index (χ1) is 14.7. The van der Waals surface area contributed by atoms with Gasteiger partial charge in [-0.15, -0.1) is 0 Å². The van der Waals surface area contributed by atoms with E-state index in [1.807, 2.05) is 54.9 Å². The largest absolute Gasteiger partial charge is 0.867 e. The van der Waals surface area contributed by atoms with Gasteiger partial charge in [0.1, 0.15) is 0 Å². The minimum Gasteiger partial charge on any atom is -0.867 e. The summed E-state index contributed by atoms with van der Waals surface area (Å²) in [6.07, 6.45) is 3.70. The van der Waals surface area contributed by atoms with Crippen LogP contribution in [0.3, 0.4) is 0 Å². The van der Waals surface area contributed by atoms with E-state index >= 15 is 0 Å². The van der Waals surface area contributed by atoms with E-state index in [-0.39, 0.29) is 11.2 Å². The highest BCUT2D eigenvalue weighted by Crippen LogP contribution is 2.27. The summed E-state index contributed by atoms with van der Waals surface area (Å²) in [5, 5.41) is 17.5. The molecule has 0 spiro atoms. The minimum atomic E-state index is -0.299. The Balaban J connectivity index is 2.05. The first-order valence-electron chi connectivity index (χ1n) is 9.88. The van der Waals surface area contributed by atoms with E-state index in [2.05, 4.69) is 26.1 Å². The van der Waals surface area contributed by atoms with Gasteiger partial charge in [0.25, 0.3) is 0 Å². The SMILES string of the molecule is CC(C)(C)c1cc[n+](C(C(=S)NCc2ccccc2)=C([O-])c2cc(Cl)ccc2Cl)cc1. The van der Waals surface area contributed by atoms with Crippen LogP contribution in [0.25, 0.3) is 11.5 Å². The molecule has 0 aliphatic rings. The number of hydrogen-bond acceptors (Lipinski definition) is 2. The monoisotopic (exact) mass is 470 g/mol. The fourth-order valence-corrected chi connectivity index (χ4v) is 3.72. The minimum absolute atomic E-state index is 0.00834. The lowest BCUT2D eigenvalue weighted by Gasteiger charge is -2.20. The number of aromatic nitrogens is 1. The molecule has 1 heterocycles. The molecule has 0 fully saturated rings. The first kappa shape index (κ1) is 23.3. The molecule has 3 aromatic rings. The molecule has 0 amide bonds. The van der Waals surface area contributed by atoms with Crippen LogP contribution in [-0.2, 0) is 12.0 Å². The molecule has 31 heavy (non-hydrogen) atoms. The van der Waals surface area contributed by atoms with Crippen LogP contribution in [0.4, 0.5) is 0 Å². The number of benzene rings is 2. The fraction of sp³-hybridized carbons (Fsp3) is 0.200. The summed E-state index contributed by atoms with van der Waals surface area (Å²) in [6.45, 7) is 6.92. The molecule has 6 heteroatoms. The van der Waals surface area contributed by atoms with Crippen LogP contribution >= 0.6 is 35.4 Å². The van der Waals surface area contributed by atoms with Crippen molar-refractivity contribution in [2.75, 3.05) is 0 Å². The van der Waals surface area contributed by atoms with Crippen molar-refractivity contribution in [2.45, 2.75) is 32.7 Å². The lowest BCUT2D eigenvalue weighted by molar-refractivity contribution is -0.578. The van der Waals surface area contributed by atoms with E-state index in [1.165, 1.54) is 0 Å². The summed E-state index contributed by atoms with van der Waals surface area (Å²) >= 11 is 18.1. The van der Waals surface area contributed by atoms with Crippen molar-refractivity contribution in [1.29, 1.82) is 0 Å². The normalized spacial score (nSPS) is 12.3. The van der Waals surface area contributed by atoms with Gasteiger partial charge in [0.2, 0.25) is 5.70 Å². The van der Waals surface area contributed by atoms with Crippen molar-refractivity contribution in [3.63, 3.8) is 0 Å². The summed E-state index contributed by atoms with van der Waals surface area (Å²) < 4.78 is 1.73. The average Bonchev–Trinajstić information content (AvgIpc) is 2.74. The number of hydrogen-bond donors (Lipinski definition) is 1. The standard InChI is InChI=1S/C25H24Cl2N2OS/c1-25(2,3)18-11-13-29(14-12-18)22(23(30)20-15-19(26)9-10-21(20)27)24(31)28-16-17-7-5-4-6-8-17/h4-15H,16H2,1-3H3,(H-,28,30,31). The molecule has 0 saturated carbocycles. The van der Waals surface area contributed by atoms with Crippen molar-refractivity contribution < 1.29 is 9.67 Å². The maximum absolute atomic E-state index is 13.5. The molecule has 0 bridgehead atoms. The summed E-state index contributed by atoms with van der Waals surface area (Å²) in [5.74, 6) is -0.299. The van der Waals surface area contributed by atoms with Crippen LogP contribution in [0.1, 0.15) is 37.5 Å². The van der Waals surface area contributed by atoms with E-state index in [1.54, 1.807) is 22.8 Å². The van der Waals surface area contributed by atoms with Crippen LogP contribution in [0.5, 0.6) is 0 Å². The maximum atomic E-state index is 13.5. The van der Waals surface area contributed by atoms with Gasteiger partial charge < -0.3 is 10.4 Å². The highest BCUT2D eigenvalue weighted by atomic mass is 35.5. The maximum Gasteiger partial charge on any atom is 0.238 e. The van der Waals surface area contributed by atoms with E-state index in [0.717, 1.165) is 11.1 Å². The summed E-state index contributed by atoms with van der Waals surface area (Å²) in [4.78, 5) is 0.332. The molecule has 0 aliphatic carbocycles. The topological polar surface area (TPSA) is 39.0 Å². The molecule has 0 radical (unpaired) electrons. The van der Waals surface area contributed by atoms with Crippen LogP contribution in [-0.4, -0.2) is 4.99 Å². The van der Waals surface area contributed by atoms with Crippen LogP contribution in [0.2, 0.25) is 10.0 Å². The zero-order chi connectivity index (χ0) is 22.6. The smallest absolute Gasteiger partial charge is 0.238 e. The van der Waals surface area contributed by atoms with E-state index in [9.17, 15) is 5.11 Å². The molecule has 0 atom stereocenters.